The van der Waals surface area contributed by atoms with E-state index in [1.807, 2.05) is 6.07 Å². The van der Waals surface area contributed by atoms with Gasteiger partial charge in [-0.25, -0.2) is 0 Å². The van der Waals surface area contributed by atoms with Gasteiger partial charge in [0, 0.05) is 22.8 Å². The summed E-state index contributed by atoms with van der Waals surface area (Å²) in [6.45, 7) is 0. The van der Waals surface area contributed by atoms with Crippen molar-refractivity contribution in [3.63, 3.8) is 0 Å². The van der Waals surface area contributed by atoms with Crippen molar-refractivity contribution in [2.45, 2.75) is 37.8 Å². The van der Waals surface area contributed by atoms with E-state index in [1.165, 1.54) is 0 Å². The van der Waals surface area contributed by atoms with Crippen molar-refractivity contribution in [2.24, 2.45) is 5.92 Å². The van der Waals surface area contributed by atoms with Gasteiger partial charge in [-0.05, 0) is 12.8 Å². The Hall–Kier alpha value is -1.75. The molecule has 1 aliphatic rings. The standard InChI is InChI=1S/C14H17NO4/c16-12-8-4-7-11(14(12)15(18)19)9-13(17)10-5-2-1-3-6-10/h1-3,5-6,11-12,14,16H,4,7-9H2. The third-order valence-corrected chi connectivity index (χ3v) is 3.74. The molecule has 0 bridgehead atoms. The summed E-state index contributed by atoms with van der Waals surface area (Å²) in [6.07, 6.45) is 1.01. The molecule has 1 aromatic carbocycles. The number of carbonyl (C=O) groups excluding carboxylic acids is 1. The maximum atomic E-state index is 12.1. The van der Waals surface area contributed by atoms with E-state index in [-0.39, 0.29) is 18.1 Å². The molecule has 1 N–H and O–H groups in total. The molecular weight excluding hydrogens is 246 g/mol. The van der Waals surface area contributed by atoms with Crippen molar-refractivity contribution in [2.75, 3.05) is 0 Å². The van der Waals surface area contributed by atoms with E-state index in [1.54, 1.807) is 24.3 Å². The van der Waals surface area contributed by atoms with E-state index in [9.17, 15) is 20.0 Å². The third-order valence-electron chi connectivity index (χ3n) is 3.74. The number of nitrogens with zero attached hydrogens (tertiary/aromatic N) is 1. The summed E-state index contributed by atoms with van der Waals surface area (Å²) in [7, 11) is 0. The molecule has 0 radical (unpaired) electrons. The SMILES string of the molecule is O=C(CC1CCCC(O)C1[N+](=O)[O-])c1ccccc1. The molecule has 5 heteroatoms. The number of nitro groups is 1. The van der Waals surface area contributed by atoms with Crippen LogP contribution in [-0.2, 0) is 0 Å². The highest BCUT2D eigenvalue weighted by molar-refractivity contribution is 5.96. The van der Waals surface area contributed by atoms with Crippen LogP contribution in [0.25, 0.3) is 0 Å². The average molecular weight is 263 g/mol. The second-order valence-electron chi connectivity index (χ2n) is 5.03. The van der Waals surface area contributed by atoms with Gasteiger partial charge >= 0.3 is 0 Å². The number of rotatable bonds is 4. The number of benzene rings is 1. The van der Waals surface area contributed by atoms with Crippen molar-refractivity contribution < 1.29 is 14.8 Å². The lowest BCUT2D eigenvalue weighted by Crippen LogP contribution is -2.44. The zero-order valence-corrected chi connectivity index (χ0v) is 10.6. The van der Waals surface area contributed by atoms with Gasteiger partial charge in [-0.15, -0.1) is 0 Å². The van der Waals surface area contributed by atoms with E-state index in [0.29, 0.717) is 18.4 Å². The summed E-state index contributed by atoms with van der Waals surface area (Å²) in [4.78, 5) is 22.7. The molecule has 1 aliphatic carbocycles. The van der Waals surface area contributed by atoms with Crippen LogP contribution in [0, 0.1) is 16.0 Å². The summed E-state index contributed by atoms with van der Waals surface area (Å²) in [6, 6.07) is 7.77. The van der Waals surface area contributed by atoms with Gasteiger partial charge in [0.05, 0.1) is 0 Å². The number of hydrogen-bond donors (Lipinski definition) is 1. The Morgan fingerprint density at radius 3 is 2.63 bits per heavy atom. The van der Waals surface area contributed by atoms with Crippen molar-refractivity contribution in [3.05, 3.63) is 46.0 Å². The first kappa shape index (κ1) is 13.7. The molecule has 1 saturated carbocycles. The van der Waals surface area contributed by atoms with Crippen LogP contribution in [0.4, 0.5) is 0 Å². The molecule has 0 amide bonds. The number of hydrogen-bond acceptors (Lipinski definition) is 4. The molecule has 5 nitrogen and oxygen atoms in total. The molecule has 1 fully saturated rings. The van der Waals surface area contributed by atoms with Gasteiger partial charge in [0.15, 0.2) is 5.78 Å². The molecule has 0 saturated heterocycles. The number of aliphatic hydroxyl groups is 1. The average Bonchev–Trinajstić information content (AvgIpc) is 2.39. The van der Waals surface area contributed by atoms with Crippen molar-refractivity contribution >= 4 is 5.78 Å². The Balaban J connectivity index is 2.08. The van der Waals surface area contributed by atoms with Crippen LogP contribution in [0.5, 0.6) is 0 Å². The first-order valence-corrected chi connectivity index (χ1v) is 6.49. The van der Waals surface area contributed by atoms with E-state index in [4.69, 9.17) is 0 Å². The Kier molecular flexibility index (Phi) is 4.27. The number of carbonyl (C=O) groups is 1. The minimum atomic E-state index is -1.01. The Morgan fingerprint density at radius 2 is 2.00 bits per heavy atom. The smallest absolute Gasteiger partial charge is 0.241 e. The first-order valence-electron chi connectivity index (χ1n) is 6.49. The fraction of sp³-hybridized carbons (Fsp3) is 0.500. The molecule has 0 heterocycles. The predicted molar refractivity (Wildman–Crippen MR) is 69.5 cm³/mol. The number of aliphatic hydroxyl groups excluding tert-OH is 1. The van der Waals surface area contributed by atoms with E-state index < -0.39 is 17.1 Å². The summed E-state index contributed by atoms with van der Waals surface area (Å²) in [5.74, 6) is -0.460. The topological polar surface area (TPSA) is 80.4 Å². The summed E-state index contributed by atoms with van der Waals surface area (Å²) >= 11 is 0. The Bertz CT molecular complexity index is 460. The first-order chi connectivity index (χ1) is 9.09. The molecular formula is C14H17NO4. The highest BCUT2D eigenvalue weighted by atomic mass is 16.6. The van der Waals surface area contributed by atoms with E-state index >= 15 is 0 Å². The van der Waals surface area contributed by atoms with Gasteiger partial charge in [-0.3, -0.25) is 14.9 Å². The van der Waals surface area contributed by atoms with Gasteiger partial charge in [0.2, 0.25) is 6.04 Å². The molecule has 3 unspecified atom stereocenters. The normalized spacial score (nSPS) is 26.9. The second-order valence-corrected chi connectivity index (χ2v) is 5.03. The molecule has 0 aromatic heterocycles. The minimum absolute atomic E-state index is 0.0912. The Morgan fingerprint density at radius 1 is 1.32 bits per heavy atom. The van der Waals surface area contributed by atoms with Crippen LogP contribution in [0.2, 0.25) is 0 Å². The largest absolute Gasteiger partial charge is 0.386 e. The molecule has 3 atom stereocenters. The van der Waals surface area contributed by atoms with Gasteiger partial charge < -0.3 is 5.11 Å². The van der Waals surface area contributed by atoms with Crippen LogP contribution in [-0.4, -0.2) is 28.0 Å². The van der Waals surface area contributed by atoms with Crippen LogP contribution in [0.15, 0.2) is 30.3 Å². The molecule has 102 valence electrons. The van der Waals surface area contributed by atoms with Gasteiger partial charge in [-0.2, -0.15) is 0 Å². The predicted octanol–water partition coefficient (Wildman–Crippen LogP) is 2.07. The lowest BCUT2D eigenvalue weighted by molar-refractivity contribution is -0.547. The quantitative estimate of drug-likeness (QED) is 0.512. The van der Waals surface area contributed by atoms with Crippen LogP contribution >= 0.6 is 0 Å². The maximum Gasteiger partial charge on any atom is 0.241 e. The van der Waals surface area contributed by atoms with Crippen LogP contribution < -0.4 is 0 Å². The molecule has 2 rings (SSSR count). The zero-order valence-electron chi connectivity index (χ0n) is 10.6. The van der Waals surface area contributed by atoms with Crippen molar-refractivity contribution in [1.82, 2.24) is 0 Å². The summed E-state index contributed by atoms with van der Waals surface area (Å²) in [5.41, 5.74) is 0.574. The van der Waals surface area contributed by atoms with E-state index in [2.05, 4.69) is 0 Å². The molecule has 0 aliphatic heterocycles. The fourth-order valence-corrected chi connectivity index (χ4v) is 2.76. The van der Waals surface area contributed by atoms with Gasteiger partial charge in [0.1, 0.15) is 6.10 Å². The van der Waals surface area contributed by atoms with Gasteiger partial charge in [-0.1, -0.05) is 36.8 Å². The van der Waals surface area contributed by atoms with Crippen molar-refractivity contribution in [1.29, 1.82) is 0 Å². The summed E-state index contributed by atoms with van der Waals surface area (Å²) < 4.78 is 0. The summed E-state index contributed by atoms with van der Waals surface area (Å²) in [5, 5.41) is 20.8. The highest BCUT2D eigenvalue weighted by Gasteiger charge is 2.41. The number of Topliss-reactive ketones (excluding diaryl/α,β-unsaturated/α-hetero) is 1. The highest BCUT2D eigenvalue weighted by Crippen LogP contribution is 2.30. The lowest BCUT2D eigenvalue weighted by Gasteiger charge is -2.28. The molecule has 19 heavy (non-hydrogen) atoms. The monoisotopic (exact) mass is 263 g/mol. The lowest BCUT2D eigenvalue weighted by atomic mass is 9.79. The maximum absolute atomic E-state index is 12.1. The van der Waals surface area contributed by atoms with Crippen LogP contribution in [0.3, 0.4) is 0 Å². The third kappa shape index (κ3) is 3.17. The Labute approximate surface area is 111 Å². The van der Waals surface area contributed by atoms with Crippen molar-refractivity contribution in [3.8, 4) is 0 Å². The fourth-order valence-electron chi connectivity index (χ4n) is 2.76. The number of ketones is 1. The minimum Gasteiger partial charge on any atom is -0.386 e. The second kappa shape index (κ2) is 5.93. The van der Waals surface area contributed by atoms with Crippen LogP contribution in [0.1, 0.15) is 36.0 Å². The van der Waals surface area contributed by atoms with E-state index in [0.717, 1.165) is 6.42 Å². The molecule has 0 spiro atoms. The van der Waals surface area contributed by atoms with Gasteiger partial charge in [0.25, 0.3) is 0 Å². The zero-order chi connectivity index (χ0) is 13.8. The molecule has 1 aromatic rings.